The lowest BCUT2D eigenvalue weighted by molar-refractivity contribution is -0.123. The monoisotopic (exact) mass is 293 g/mol. The molecule has 5 nitrogen and oxygen atoms in total. The number of aromatic nitrogens is 1. The minimum Gasteiger partial charge on any atom is -0.307 e. The Balaban J connectivity index is 1.70. The summed E-state index contributed by atoms with van der Waals surface area (Å²) in [4.78, 5) is 31.1. The normalized spacial score (nSPS) is 27.3. The van der Waals surface area contributed by atoms with E-state index < -0.39 is 0 Å². The van der Waals surface area contributed by atoms with Crippen molar-refractivity contribution in [3.63, 3.8) is 0 Å². The first-order valence-electron chi connectivity index (χ1n) is 7.34. The van der Waals surface area contributed by atoms with E-state index in [1.54, 1.807) is 18.3 Å². The van der Waals surface area contributed by atoms with Gasteiger partial charge in [0.2, 0.25) is 11.8 Å². The second-order valence-electron chi connectivity index (χ2n) is 5.62. The number of hydrogen-bond donors (Lipinski definition) is 1. The van der Waals surface area contributed by atoms with Gasteiger partial charge in [-0.3, -0.25) is 14.6 Å². The molecule has 1 N–H and O–H groups in total. The molecule has 0 aliphatic carbocycles. The van der Waals surface area contributed by atoms with Crippen LogP contribution in [-0.2, 0) is 9.59 Å². The molecule has 22 heavy (non-hydrogen) atoms. The topological polar surface area (TPSA) is 62.3 Å². The van der Waals surface area contributed by atoms with Crippen molar-refractivity contribution < 1.29 is 9.59 Å². The standard InChI is InChI=1S/C17H15N3O2/c21-16-12-10-19-15(13-8-4-5-9-18-13)14(12)17(22)20(16)11-6-2-1-3-7-11/h1-9,12,14-15,19H,10H2/t12-,14-,15+/m0/s1. The van der Waals surface area contributed by atoms with Crippen LogP contribution < -0.4 is 10.2 Å². The Hall–Kier alpha value is -2.53. The van der Waals surface area contributed by atoms with Crippen LogP contribution in [0.4, 0.5) is 5.69 Å². The molecular weight excluding hydrogens is 278 g/mol. The van der Waals surface area contributed by atoms with Gasteiger partial charge in [-0.25, -0.2) is 4.90 Å². The molecule has 1 aromatic carbocycles. The van der Waals surface area contributed by atoms with Crippen LogP contribution in [-0.4, -0.2) is 23.3 Å². The molecule has 3 atom stereocenters. The molecule has 4 rings (SSSR count). The number of anilines is 1. The van der Waals surface area contributed by atoms with Crippen LogP contribution in [0.15, 0.2) is 54.7 Å². The van der Waals surface area contributed by atoms with Crippen LogP contribution in [0.25, 0.3) is 0 Å². The van der Waals surface area contributed by atoms with E-state index in [2.05, 4.69) is 10.3 Å². The first-order valence-corrected chi connectivity index (χ1v) is 7.34. The highest BCUT2D eigenvalue weighted by molar-refractivity contribution is 6.22. The average Bonchev–Trinajstić information content (AvgIpc) is 3.10. The van der Waals surface area contributed by atoms with Crippen LogP contribution in [0.3, 0.4) is 0 Å². The lowest BCUT2D eigenvalue weighted by atomic mass is 9.91. The zero-order valence-corrected chi connectivity index (χ0v) is 11.8. The molecule has 2 aliphatic rings. The largest absolute Gasteiger partial charge is 0.307 e. The van der Waals surface area contributed by atoms with Crippen LogP contribution in [0.1, 0.15) is 11.7 Å². The molecular formula is C17H15N3O2. The molecule has 2 aromatic rings. The van der Waals surface area contributed by atoms with Gasteiger partial charge in [0.05, 0.1) is 29.3 Å². The van der Waals surface area contributed by atoms with Crippen molar-refractivity contribution in [2.45, 2.75) is 6.04 Å². The number of pyridine rings is 1. The highest BCUT2D eigenvalue weighted by atomic mass is 16.2. The van der Waals surface area contributed by atoms with E-state index in [0.717, 1.165) is 5.69 Å². The lowest BCUT2D eigenvalue weighted by Gasteiger charge is -2.19. The predicted octanol–water partition coefficient (Wildman–Crippen LogP) is 1.53. The zero-order valence-electron chi connectivity index (χ0n) is 11.8. The number of amides is 2. The molecule has 2 aliphatic heterocycles. The predicted molar refractivity (Wildman–Crippen MR) is 80.9 cm³/mol. The fraction of sp³-hybridized carbons (Fsp3) is 0.235. The Morgan fingerprint density at radius 2 is 1.77 bits per heavy atom. The summed E-state index contributed by atoms with van der Waals surface area (Å²) < 4.78 is 0. The van der Waals surface area contributed by atoms with E-state index in [-0.39, 0.29) is 29.7 Å². The van der Waals surface area contributed by atoms with Gasteiger partial charge >= 0.3 is 0 Å². The number of hydrogen-bond acceptors (Lipinski definition) is 4. The van der Waals surface area contributed by atoms with Crippen LogP contribution in [0.5, 0.6) is 0 Å². The molecule has 2 amide bonds. The molecule has 0 radical (unpaired) electrons. The molecule has 0 bridgehead atoms. The number of imide groups is 1. The van der Waals surface area contributed by atoms with Crippen molar-refractivity contribution in [1.82, 2.24) is 10.3 Å². The van der Waals surface area contributed by atoms with Gasteiger partial charge in [0, 0.05) is 12.7 Å². The summed E-state index contributed by atoms with van der Waals surface area (Å²) >= 11 is 0. The van der Waals surface area contributed by atoms with E-state index in [0.29, 0.717) is 12.2 Å². The molecule has 0 saturated carbocycles. The Kier molecular flexibility index (Phi) is 3.01. The van der Waals surface area contributed by atoms with Crippen molar-refractivity contribution in [2.75, 3.05) is 11.4 Å². The van der Waals surface area contributed by atoms with E-state index in [9.17, 15) is 9.59 Å². The van der Waals surface area contributed by atoms with E-state index >= 15 is 0 Å². The van der Waals surface area contributed by atoms with Gasteiger partial charge in [-0.15, -0.1) is 0 Å². The van der Waals surface area contributed by atoms with Gasteiger partial charge in [-0.2, -0.15) is 0 Å². The summed E-state index contributed by atoms with van der Waals surface area (Å²) in [5, 5.41) is 3.28. The van der Waals surface area contributed by atoms with Gasteiger partial charge in [0.25, 0.3) is 0 Å². The molecule has 2 fully saturated rings. The fourth-order valence-corrected chi connectivity index (χ4v) is 3.40. The summed E-state index contributed by atoms with van der Waals surface area (Å²) in [6.45, 7) is 0.514. The first-order chi connectivity index (χ1) is 10.8. The smallest absolute Gasteiger partial charge is 0.239 e. The van der Waals surface area contributed by atoms with Crippen LogP contribution in [0.2, 0.25) is 0 Å². The minimum absolute atomic E-state index is 0.118. The summed E-state index contributed by atoms with van der Waals surface area (Å²) in [6, 6.07) is 14.5. The summed E-state index contributed by atoms with van der Waals surface area (Å²) in [6.07, 6.45) is 1.71. The second-order valence-corrected chi connectivity index (χ2v) is 5.62. The van der Waals surface area contributed by atoms with Gasteiger partial charge in [0.1, 0.15) is 0 Å². The number of fused-ring (bicyclic) bond motifs is 1. The van der Waals surface area contributed by atoms with Crippen molar-refractivity contribution in [3.8, 4) is 0 Å². The maximum atomic E-state index is 12.8. The van der Waals surface area contributed by atoms with E-state index in [4.69, 9.17) is 0 Å². The van der Waals surface area contributed by atoms with Gasteiger partial charge < -0.3 is 5.32 Å². The number of carbonyl (C=O) groups excluding carboxylic acids is 2. The Bertz CT molecular complexity index is 717. The van der Waals surface area contributed by atoms with Crippen LogP contribution >= 0.6 is 0 Å². The van der Waals surface area contributed by atoms with Gasteiger partial charge in [-0.05, 0) is 24.3 Å². The molecule has 3 heterocycles. The highest BCUT2D eigenvalue weighted by Crippen LogP contribution is 2.41. The number of nitrogens with one attached hydrogen (secondary N) is 1. The molecule has 0 spiro atoms. The highest BCUT2D eigenvalue weighted by Gasteiger charge is 2.55. The Labute approximate surface area is 128 Å². The van der Waals surface area contributed by atoms with Gasteiger partial charge in [0.15, 0.2) is 0 Å². The third-order valence-corrected chi connectivity index (χ3v) is 4.41. The van der Waals surface area contributed by atoms with Crippen LogP contribution in [0, 0.1) is 11.8 Å². The van der Waals surface area contributed by atoms with E-state index in [1.165, 1.54) is 4.90 Å². The number of nitrogens with zero attached hydrogens (tertiary/aromatic N) is 2. The van der Waals surface area contributed by atoms with E-state index in [1.807, 2.05) is 36.4 Å². The number of rotatable bonds is 2. The molecule has 5 heteroatoms. The number of para-hydroxylation sites is 1. The molecule has 1 aromatic heterocycles. The maximum absolute atomic E-state index is 12.8. The summed E-state index contributed by atoms with van der Waals surface area (Å²) in [7, 11) is 0. The quantitative estimate of drug-likeness (QED) is 0.853. The minimum atomic E-state index is -0.373. The summed E-state index contributed by atoms with van der Waals surface area (Å²) in [5.41, 5.74) is 1.46. The molecule has 0 unspecified atom stereocenters. The molecule has 2 saturated heterocycles. The van der Waals surface area contributed by atoms with Crippen molar-refractivity contribution in [3.05, 3.63) is 60.4 Å². The lowest BCUT2D eigenvalue weighted by Crippen LogP contribution is -2.35. The average molecular weight is 293 g/mol. The third-order valence-electron chi connectivity index (χ3n) is 4.41. The third kappa shape index (κ3) is 1.86. The van der Waals surface area contributed by atoms with Crippen molar-refractivity contribution >= 4 is 17.5 Å². The van der Waals surface area contributed by atoms with Gasteiger partial charge in [-0.1, -0.05) is 24.3 Å². The summed E-state index contributed by atoms with van der Waals surface area (Å²) in [5.74, 6) is -0.934. The second kappa shape index (κ2) is 5.03. The zero-order chi connectivity index (χ0) is 15.1. The maximum Gasteiger partial charge on any atom is 0.239 e. The molecule has 110 valence electrons. The number of benzene rings is 1. The fourth-order valence-electron chi connectivity index (χ4n) is 3.40. The first kappa shape index (κ1) is 13.2. The Morgan fingerprint density at radius 1 is 1.00 bits per heavy atom. The Morgan fingerprint density at radius 3 is 2.50 bits per heavy atom. The number of carbonyl (C=O) groups is 2. The van der Waals surface area contributed by atoms with Crippen molar-refractivity contribution in [1.29, 1.82) is 0 Å². The SMILES string of the molecule is O=C1[C@H]2[C@H](CN[C@@H]2c2ccccn2)C(=O)N1c1ccccc1. The van der Waals surface area contributed by atoms with Crippen molar-refractivity contribution in [2.24, 2.45) is 11.8 Å².